The molecule has 2 aliphatic rings. The second-order valence-corrected chi connectivity index (χ2v) is 8.70. The quantitative estimate of drug-likeness (QED) is 0.773. The van der Waals surface area contributed by atoms with Crippen molar-refractivity contribution in [1.29, 1.82) is 0 Å². The Kier molecular flexibility index (Phi) is 5.83. The first-order valence-electron chi connectivity index (χ1n) is 8.18. The van der Waals surface area contributed by atoms with Gasteiger partial charge in [0, 0.05) is 19.0 Å². The Morgan fingerprint density at radius 3 is 2.14 bits per heavy atom. The van der Waals surface area contributed by atoms with Gasteiger partial charge in [0.25, 0.3) is 0 Å². The van der Waals surface area contributed by atoms with Crippen molar-refractivity contribution in [1.82, 2.24) is 10.2 Å². The van der Waals surface area contributed by atoms with Gasteiger partial charge in [0.15, 0.2) is 9.84 Å². The van der Waals surface area contributed by atoms with Gasteiger partial charge in [0.05, 0.1) is 11.5 Å². The molecule has 2 fully saturated rings. The molecule has 1 N–H and O–H groups in total. The number of carbonyl (C=O) groups excluding carboxylic acids is 2. The van der Waals surface area contributed by atoms with Crippen LogP contribution in [0, 0.1) is 5.92 Å². The minimum Gasteiger partial charge on any atom is -0.344 e. The van der Waals surface area contributed by atoms with E-state index in [1.807, 2.05) is 0 Å². The molecule has 1 unspecified atom stereocenters. The zero-order valence-corrected chi connectivity index (χ0v) is 14.0. The van der Waals surface area contributed by atoms with Crippen molar-refractivity contribution < 1.29 is 18.0 Å². The van der Waals surface area contributed by atoms with Gasteiger partial charge in [-0.15, -0.1) is 0 Å². The van der Waals surface area contributed by atoms with Gasteiger partial charge < -0.3 is 10.2 Å². The van der Waals surface area contributed by atoms with E-state index in [2.05, 4.69) is 5.32 Å². The van der Waals surface area contributed by atoms with Crippen molar-refractivity contribution in [3.63, 3.8) is 0 Å². The molecule has 0 aromatic heterocycles. The number of carbonyl (C=O) groups is 2. The van der Waals surface area contributed by atoms with Crippen LogP contribution in [-0.2, 0) is 19.4 Å². The van der Waals surface area contributed by atoms with Gasteiger partial charge in [-0.25, -0.2) is 8.42 Å². The molecule has 2 amide bonds. The molecule has 126 valence electrons. The number of nitrogens with zero attached hydrogens (tertiary/aromatic N) is 1. The normalized spacial score (nSPS) is 24.3. The van der Waals surface area contributed by atoms with Gasteiger partial charge in [-0.1, -0.05) is 25.7 Å². The van der Waals surface area contributed by atoms with Crippen LogP contribution in [0.25, 0.3) is 0 Å². The lowest BCUT2D eigenvalue weighted by Crippen LogP contribution is -2.52. The summed E-state index contributed by atoms with van der Waals surface area (Å²) in [4.78, 5) is 26.1. The number of amides is 2. The van der Waals surface area contributed by atoms with Gasteiger partial charge in [-0.2, -0.15) is 0 Å². The SMILES string of the molecule is CC(NC(=O)C1CCCCCC1)C(=O)N1CCS(=O)(=O)CC1. The van der Waals surface area contributed by atoms with Crippen LogP contribution in [0.2, 0.25) is 0 Å². The summed E-state index contributed by atoms with van der Waals surface area (Å²) in [7, 11) is -3.00. The molecule has 2 rings (SSSR count). The summed E-state index contributed by atoms with van der Waals surface area (Å²) in [5.41, 5.74) is 0. The Hall–Kier alpha value is -1.11. The molecule has 1 atom stereocenters. The monoisotopic (exact) mass is 330 g/mol. The molecule has 1 saturated carbocycles. The van der Waals surface area contributed by atoms with Gasteiger partial charge >= 0.3 is 0 Å². The lowest BCUT2D eigenvalue weighted by Gasteiger charge is -2.30. The van der Waals surface area contributed by atoms with Crippen LogP contribution in [0.1, 0.15) is 45.4 Å². The number of sulfone groups is 1. The highest BCUT2D eigenvalue weighted by molar-refractivity contribution is 7.91. The van der Waals surface area contributed by atoms with Crippen LogP contribution in [0.15, 0.2) is 0 Å². The summed E-state index contributed by atoms with van der Waals surface area (Å²) in [6, 6.07) is -0.587. The Balaban J connectivity index is 1.84. The van der Waals surface area contributed by atoms with E-state index in [9.17, 15) is 18.0 Å². The molecule has 22 heavy (non-hydrogen) atoms. The molecular weight excluding hydrogens is 304 g/mol. The van der Waals surface area contributed by atoms with Gasteiger partial charge in [0.1, 0.15) is 6.04 Å². The Labute approximate surface area is 132 Å². The minimum atomic E-state index is -3.00. The molecule has 1 aliphatic carbocycles. The number of nitrogens with one attached hydrogen (secondary N) is 1. The standard InChI is InChI=1S/C15H26N2O4S/c1-12(15(19)17-8-10-22(20,21)11-9-17)16-14(18)13-6-4-2-3-5-7-13/h12-13H,2-11H2,1H3,(H,16,18). The predicted octanol–water partition coefficient (Wildman–Crippen LogP) is 0.719. The maximum atomic E-state index is 12.3. The van der Waals surface area contributed by atoms with Crippen LogP contribution < -0.4 is 5.32 Å². The molecule has 7 heteroatoms. The summed E-state index contributed by atoms with van der Waals surface area (Å²) in [6.07, 6.45) is 6.30. The fraction of sp³-hybridized carbons (Fsp3) is 0.867. The van der Waals surface area contributed by atoms with Gasteiger partial charge in [0.2, 0.25) is 11.8 Å². The van der Waals surface area contributed by atoms with E-state index in [1.54, 1.807) is 11.8 Å². The van der Waals surface area contributed by atoms with Crippen LogP contribution in [0.3, 0.4) is 0 Å². The van der Waals surface area contributed by atoms with E-state index in [0.29, 0.717) is 0 Å². The summed E-state index contributed by atoms with van der Waals surface area (Å²) in [6.45, 7) is 2.13. The number of hydrogen-bond donors (Lipinski definition) is 1. The van der Waals surface area contributed by atoms with Crippen molar-refractivity contribution in [2.45, 2.75) is 51.5 Å². The summed E-state index contributed by atoms with van der Waals surface area (Å²) in [5, 5.41) is 2.82. The predicted molar refractivity (Wildman–Crippen MR) is 84.0 cm³/mol. The molecule has 0 aromatic carbocycles. The second kappa shape index (κ2) is 7.44. The largest absolute Gasteiger partial charge is 0.344 e. The van der Waals surface area contributed by atoms with E-state index < -0.39 is 15.9 Å². The van der Waals surface area contributed by atoms with Crippen molar-refractivity contribution in [2.75, 3.05) is 24.6 Å². The molecule has 0 bridgehead atoms. The minimum absolute atomic E-state index is 0.0134. The smallest absolute Gasteiger partial charge is 0.244 e. The molecule has 0 aromatic rings. The molecular formula is C15H26N2O4S. The van der Waals surface area contributed by atoms with Crippen molar-refractivity contribution in [3.8, 4) is 0 Å². The molecule has 1 heterocycles. The first-order valence-corrected chi connectivity index (χ1v) is 10.0. The van der Waals surface area contributed by atoms with Gasteiger partial charge in [-0.05, 0) is 19.8 Å². The van der Waals surface area contributed by atoms with Gasteiger partial charge in [-0.3, -0.25) is 9.59 Å². The highest BCUT2D eigenvalue weighted by Crippen LogP contribution is 2.23. The third kappa shape index (κ3) is 4.69. The molecule has 6 nitrogen and oxygen atoms in total. The maximum Gasteiger partial charge on any atom is 0.244 e. The molecule has 0 spiro atoms. The molecule has 1 aliphatic heterocycles. The van der Waals surface area contributed by atoms with Crippen molar-refractivity contribution in [3.05, 3.63) is 0 Å². The fourth-order valence-electron chi connectivity index (χ4n) is 3.14. The highest BCUT2D eigenvalue weighted by atomic mass is 32.2. The van der Waals surface area contributed by atoms with E-state index in [0.717, 1.165) is 25.7 Å². The Morgan fingerprint density at radius 1 is 1.05 bits per heavy atom. The van der Waals surface area contributed by atoms with E-state index >= 15 is 0 Å². The number of hydrogen-bond acceptors (Lipinski definition) is 4. The molecule has 1 saturated heterocycles. The Morgan fingerprint density at radius 2 is 1.59 bits per heavy atom. The third-order valence-electron chi connectivity index (χ3n) is 4.61. The fourth-order valence-corrected chi connectivity index (χ4v) is 4.34. The second-order valence-electron chi connectivity index (χ2n) is 6.40. The average molecular weight is 330 g/mol. The zero-order valence-electron chi connectivity index (χ0n) is 13.2. The first kappa shape index (κ1) is 17.2. The number of rotatable bonds is 3. The van der Waals surface area contributed by atoms with E-state index in [4.69, 9.17) is 0 Å². The zero-order chi connectivity index (χ0) is 16.2. The third-order valence-corrected chi connectivity index (χ3v) is 6.22. The van der Waals surface area contributed by atoms with Crippen LogP contribution in [0.4, 0.5) is 0 Å². The summed E-state index contributed by atoms with van der Waals surface area (Å²) in [5.74, 6) is -0.173. The van der Waals surface area contributed by atoms with E-state index in [1.165, 1.54) is 12.8 Å². The summed E-state index contributed by atoms with van der Waals surface area (Å²) < 4.78 is 22.8. The maximum absolute atomic E-state index is 12.3. The van der Waals surface area contributed by atoms with Crippen LogP contribution >= 0.6 is 0 Å². The van der Waals surface area contributed by atoms with Crippen LogP contribution in [-0.4, -0.2) is 55.8 Å². The van der Waals surface area contributed by atoms with Crippen LogP contribution in [0.5, 0.6) is 0 Å². The Bertz CT molecular complexity index is 496. The average Bonchev–Trinajstić information content (AvgIpc) is 2.75. The molecule has 0 radical (unpaired) electrons. The van der Waals surface area contributed by atoms with Crippen molar-refractivity contribution in [2.24, 2.45) is 5.92 Å². The summed E-state index contributed by atoms with van der Waals surface area (Å²) >= 11 is 0. The lowest BCUT2D eigenvalue weighted by molar-refractivity contribution is -0.136. The van der Waals surface area contributed by atoms with E-state index in [-0.39, 0.29) is 42.3 Å². The van der Waals surface area contributed by atoms with Crippen molar-refractivity contribution >= 4 is 21.7 Å². The topological polar surface area (TPSA) is 83.6 Å². The first-order chi connectivity index (χ1) is 10.4. The lowest BCUT2D eigenvalue weighted by atomic mass is 9.99. The highest BCUT2D eigenvalue weighted by Gasteiger charge is 2.29.